The lowest BCUT2D eigenvalue weighted by Gasteiger charge is -2.25. The van der Waals surface area contributed by atoms with Gasteiger partial charge >= 0.3 is 0 Å². The molecule has 1 rings (SSSR count). The van der Waals surface area contributed by atoms with Crippen LogP contribution in [0.3, 0.4) is 0 Å². The predicted molar refractivity (Wildman–Crippen MR) is 49.9 cm³/mol. The first-order chi connectivity index (χ1) is 5.66. The van der Waals surface area contributed by atoms with Crippen molar-refractivity contribution in [2.75, 3.05) is 6.54 Å². The highest BCUT2D eigenvalue weighted by Gasteiger charge is 2.28. The van der Waals surface area contributed by atoms with E-state index in [4.69, 9.17) is 0 Å². The van der Waals surface area contributed by atoms with Gasteiger partial charge in [0.15, 0.2) is 0 Å². The van der Waals surface area contributed by atoms with E-state index in [0.29, 0.717) is 11.9 Å². The Bertz CT molecular complexity index is 165. The first-order valence-corrected chi connectivity index (χ1v) is 4.97. The Morgan fingerprint density at radius 2 is 2.25 bits per heavy atom. The zero-order chi connectivity index (χ0) is 9.14. The largest absolute Gasteiger partial charge is 0.340 e. The van der Waals surface area contributed by atoms with Crippen LogP contribution >= 0.6 is 0 Å². The topological polar surface area (TPSA) is 20.3 Å². The maximum atomic E-state index is 11.6. The molecule has 0 aromatic heterocycles. The fourth-order valence-electron chi connectivity index (χ4n) is 1.88. The van der Waals surface area contributed by atoms with Crippen molar-refractivity contribution in [2.24, 2.45) is 5.92 Å². The van der Waals surface area contributed by atoms with E-state index in [1.54, 1.807) is 0 Å². The third-order valence-electron chi connectivity index (χ3n) is 2.63. The smallest absolute Gasteiger partial charge is 0.225 e. The van der Waals surface area contributed by atoms with Crippen molar-refractivity contribution in [3.63, 3.8) is 0 Å². The Balaban J connectivity index is 2.55. The molecule has 0 radical (unpaired) electrons. The molecule has 0 N–H and O–H groups in total. The van der Waals surface area contributed by atoms with E-state index in [9.17, 15) is 4.79 Å². The molecule has 0 saturated carbocycles. The van der Waals surface area contributed by atoms with Crippen molar-refractivity contribution in [1.29, 1.82) is 0 Å². The normalized spacial score (nSPS) is 23.7. The van der Waals surface area contributed by atoms with Gasteiger partial charge in [-0.25, -0.2) is 0 Å². The number of hydrogen-bond donors (Lipinski definition) is 0. The highest BCUT2D eigenvalue weighted by molar-refractivity contribution is 5.78. The van der Waals surface area contributed by atoms with E-state index in [1.807, 2.05) is 13.8 Å². The summed E-state index contributed by atoms with van der Waals surface area (Å²) in [5.41, 5.74) is 0. The van der Waals surface area contributed by atoms with Crippen molar-refractivity contribution < 1.29 is 4.79 Å². The summed E-state index contributed by atoms with van der Waals surface area (Å²) in [6.07, 6.45) is 3.50. The molecule has 1 heterocycles. The summed E-state index contributed by atoms with van der Waals surface area (Å²) in [7, 11) is 0. The molecule has 2 nitrogen and oxygen atoms in total. The molecule has 1 amide bonds. The van der Waals surface area contributed by atoms with Crippen LogP contribution in [-0.2, 0) is 4.79 Å². The average Bonchev–Trinajstić information content (AvgIpc) is 2.49. The molecule has 0 aromatic carbocycles. The van der Waals surface area contributed by atoms with E-state index in [2.05, 4.69) is 11.8 Å². The third kappa shape index (κ3) is 1.79. The van der Waals surface area contributed by atoms with Gasteiger partial charge in [0.05, 0.1) is 0 Å². The fourth-order valence-corrected chi connectivity index (χ4v) is 1.88. The van der Waals surface area contributed by atoms with Crippen molar-refractivity contribution in [1.82, 2.24) is 4.90 Å². The van der Waals surface area contributed by atoms with E-state index in [-0.39, 0.29) is 5.92 Å². The van der Waals surface area contributed by atoms with Gasteiger partial charge in [-0.3, -0.25) is 4.79 Å². The number of carbonyl (C=O) groups excluding carboxylic acids is 1. The Labute approximate surface area is 74.9 Å². The second kappa shape index (κ2) is 3.92. The van der Waals surface area contributed by atoms with Crippen molar-refractivity contribution in [3.05, 3.63) is 0 Å². The van der Waals surface area contributed by atoms with Gasteiger partial charge < -0.3 is 4.90 Å². The number of carbonyl (C=O) groups is 1. The quantitative estimate of drug-likeness (QED) is 0.619. The second-order valence-electron chi connectivity index (χ2n) is 3.89. The predicted octanol–water partition coefficient (Wildman–Crippen LogP) is 2.04. The van der Waals surface area contributed by atoms with Gasteiger partial charge in [-0.1, -0.05) is 20.8 Å². The van der Waals surface area contributed by atoms with Crippen LogP contribution in [0, 0.1) is 5.92 Å². The van der Waals surface area contributed by atoms with Crippen molar-refractivity contribution in [2.45, 2.75) is 46.1 Å². The summed E-state index contributed by atoms with van der Waals surface area (Å²) >= 11 is 0. The highest BCUT2D eigenvalue weighted by atomic mass is 16.2. The summed E-state index contributed by atoms with van der Waals surface area (Å²) in [5.74, 6) is 0.497. The van der Waals surface area contributed by atoms with Gasteiger partial charge in [-0.15, -0.1) is 0 Å². The summed E-state index contributed by atoms with van der Waals surface area (Å²) < 4.78 is 0. The lowest BCUT2D eigenvalue weighted by Crippen LogP contribution is -2.37. The molecule has 2 heteroatoms. The van der Waals surface area contributed by atoms with Gasteiger partial charge in [-0.05, 0) is 19.3 Å². The number of amides is 1. The zero-order valence-corrected chi connectivity index (χ0v) is 8.34. The minimum absolute atomic E-state index is 0.164. The molecule has 1 atom stereocenters. The molecule has 1 aliphatic rings. The van der Waals surface area contributed by atoms with E-state index >= 15 is 0 Å². The fraction of sp³-hybridized carbons (Fsp3) is 0.900. The molecule has 0 aliphatic carbocycles. The molecule has 0 bridgehead atoms. The van der Waals surface area contributed by atoms with Gasteiger partial charge in [0.2, 0.25) is 5.91 Å². The lowest BCUT2D eigenvalue weighted by atomic mass is 10.1. The minimum Gasteiger partial charge on any atom is -0.340 e. The van der Waals surface area contributed by atoms with Crippen LogP contribution in [0.5, 0.6) is 0 Å². The van der Waals surface area contributed by atoms with Gasteiger partial charge in [0.1, 0.15) is 0 Å². The summed E-state index contributed by atoms with van der Waals surface area (Å²) in [4.78, 5) is 13.7. The molecule has 0 aromatic rings. The van der Waals surface area contributed by atoms with Crippen LogP contribution in [0.1, 0.15) is 40.0 Å². The number of rotatable bonds is 2. The van der Waals surface area contributed by atoms with Crippen LogP contribution in [0.25, 0.3) is 0 Å². The summed E-state index contributed by atoms with van der Waals surface area (Å²) in [5, 5.41) is 0. The standard InChI is InChI=1S/C10H19NO/c1-4-9-6-5-7-11(9)10(12)8(2)3/h8-9H,4-7H2,1-3H3/t9-/m1/s1. The average molecular weight is 169 g/mol. The number of hydrogen-bond acceptors (Lipinski definition) is 1. The zero-order valence-electron chi connectivity index (χ0n) is 8.34. The maximum absolute atomic E-state index is 11.6. The van der Waals surface area contributed by atoms with E-state index < -0.39 is 0 Å². The van der Waals surface area contributed by atoms with Crippen LogP contribution in [0.2, 0.25) is 0 Å². The Morgan fingerprint density at radius 3 is 2.75 bits per heavy atom. The molecule has 1 saturated heterocycles. The molecule has 0 spiro atoms. The molecular weight excluding hydrogens is 150 g/mol. The SMILES string of the molecule is CC[C@@H]1CCCN1C(=O)C(C)C. The van der Waals surface area contributed by atoms with Crippen LogP contribution < -0.4 is 0 Å². The van der Waals surface area contributed by atoms with Gasteiger partial charge in [-0.2, -0.15) is 0 Å². The lowest BCUT2D eigenvalue weighted by molar-refractivity contribution is -0.135. The van der Waals surface area contributed by atoms with Gasteiger partial charge in [0.25, 0.3) is 0 Å². The second-order valence-corrected chi connectivity index (χ2v) is 3.89. The molecule has 70 valence electrons. The molecule has 1 aliphatic heterocycles. The molecule has 0 unspecified atom stereocenters. The first kappa shape index (κ1) is 9.56. The van der Waals surface area contributed by atoms with Crippen LogP contribution in [0.15, 0.2) is 0 Å². The monoisotopic (exact) mass is 169 g/mol. The molecule has 12 heavy (non-hydrogen) atoms. The third-order valence-corrected chi connectivity index (χ3v) is 2.63. The number of nitrogens with zero attached hydrogens (tertiary/aromatic N) is 1. The van der Waals surface area contributed by atoms with Crippen molar-refractivity contribution in [3.8, 4) is 0 Å². The summed E-state index contributed by atoms with van der Waals surface area (Å²) in [6.45, 7) is 7.10. The van der Waals surface area contributed by atoms with E-state index in [0.717, 1.165) is 13.0 Å². The summed E-state index contributed by atoms with van der Waals surface area (Å²) in [6, 6.07) is 0.528. The Kier molecular flexibility index (Phi) is 3.12. The maximum Gasteiger partial charge on any atom is 0.225 e. The van der Waals surface area contributed by atoms with Crippen LogP contribution in [-0.4, -0.2) is 23.4 Å². The van der Waals surface area contributed by atoms with Crippen molar-refractivity contribution >= 4 is 5.91 Å². The highest BCUT2D eigenvalue weighted by Crippen LogP contribution is 2.21. The Hall–Kier alpha value is -0.530. The van der Waals surface area contributed by atoms with Gasteiger partial charge in [0, 0.05) is 18.5 Å². The minimum atomic E-state index is 0.164. The Morgan fingerprint density at radius 1 is 1.58 bits per heavy atom. The molecular formula is C10H19NO. The van der Waals surface area contributed by atoms with E-state index in [1.165, 1.54) is 12.8 Å². The van der Waals surface area contributed by atoms with Crippen LogP contribution in [0.4, 0.5) is 0 Å². The number of likely N-dealkylation sites (tertiary alicyclic amines) is 1. The first-order valence-electron chi connectivity index (χ1n) is 4.97. The molecule has 1 fully saturated rings.